The van der Waals surface area contributed by atoms with E-state index in [0.29, 0.717) is 0 Å². The van der Waals surface area contributed by atoms with Gasteiger partial charge in [-0.2, -0.15) is 5.10 Å². The van der Waals surface area contributed by atoms with Crippen molar-refractivity contribution >= 4 is 0 Å². The van der Waals surface area contributed by atoms with Crippen LogP contribution in [0.15, 0.2) is 42.9 Å². The smallest absolute Gasteiger partial charge is 0.0926 e. The van der Waals surface area contributed by atoms with Gasteiger partial charge >= 0.3 is 0 Å². The Morgan fingerprint density at radius 2 is 2.19 bits per heavy atom. The van der Waals surface area contributed by atoms with E-state index in [2.05, 4.69) is 28.1 Å². The summed E-state index contributed by atoms with van der Waals surface area (Å²) < 4.78 is 1.92. The van der Waals surface area contributed by atoms with Gasteiger partial charge in [0.05, 0.1) is 6.67 Å². The number of hydrogen-bond acceptors (Lipinski definition) is 3. The van der Waals surface area contributed by atoms with E-state index in [9.17, 15) is 0 Å². The molecular weight excluding hydrogens is 200 g/mol. The van der Waals surface area contributed by atoms with E-state index in [1.807, 2.05) is 35.3 Å². The highest BCUT2D eigenvalue weighted by molar-refractivity contribution is 5.03. The average Bonchev–Trinajstić information content (AvgIpc) is 2.81. The van der Waals surface area contributed by atoms with Crippen LogP contribution in [-0.4, -0.2) is 33.3 Å². The number of likely N-dealkylation sites (N-methyl/N-ethyl adjacent to an activating group) is 1. The molecule has 2 heterocycles. The van der Waals surface area contributed by atoms with Gasteiger partial charge in [-0.3, -0.25) is 14.6 Å². The van der Waals surface area contributed by atoms with Crippen LogP contribution in [0.2, 0.25) is 0 Å². The number of nitrogens with zero attached hydrogens (tertiary/aromatic N) is 4. The molecular formula is C12H16N4. The van der Waals surface area contributed by atoms with Gasteiger partial charge in [-0.25, -0.2) is 0 Å². The SMILES string of the molecule is CN(CCc1ccccn1)Cn1cccn1. The third-order valence-corrected chi connectivity index (χ3v) is 2.42. The minimum absolute atomic E-state index is 0.819. The van der Waals surface area contributed by atoms with Crippen molar-refractivity contribution in [3.05, 3.63) is 48.5 Å². The summed E-state index contributed by atoms with van der Waals surface area (Å²) in [4.78, 5) is 6.52. The zero-order chi connectivity index (χ0) is 11.2. The average molecular weight is 216 g/mol. The molecule has 2 aromatic rings. The first-order valence-electron chi connectivity index (χ1n) is 5.40. The first-order valence-corrected chi connectivity index (χ1v) is 5.40. The molecule has 0 saturated carbocycles. The lowest BCUT2D eigenvalue weighted by molar-refractivity contribution is 0.256. The molecule has 0 N–H and O–H groups in total. The molecule has 0 aliphatic rings. The van der Waals surface area contributed by atoms with Gasteiger partial charge in [-0.1, -0.05) is 6.07 Å². The maximum atomic E-state index is 4.30. The molecule has 0 radical (unpaired) electrons. The maximum absolute atomic E-state index is 4.30. The topological polar surface area (TPSA) is 34.0 Å². The van der Waals surface area contributed by atoms with E-state index < -0.39 is 0 Å². The zero-order valence-corrected chi connectivity index (χ0v) is 9.45. The highest BCUT2D eigenvalue weighted by Gasteiger charge is 2.00. The lowest BCUT2D eigenvalue weighted by atomic mass is 10.2. The summed E-state index contributed by atoms with van der Waals surface area (Å²) in [5.74, 6) is 0. The summed E-state index contributed by atoms with van der Waals surface area (Å²) in [5.41, 5.74) is 1.13. The zero-order valence-electron chi connectivity index (χ0n) is 9.45. The third kappa shape index (κ3) is 3.17. The first-order chi connectivity index (χ1) is 7.84. The highest BCUT2D eigenvalue weighted by Crippen LogP contribution is 1.97. The molecule has 0 spiro atoms. The van der Waals surface area contributed by atoms with Crippen molar-refractivity contribution < 1.29 is 0 Å². The van der Waals surface area contributed by atoms with E-state index in [1.54, 1.807) is 6.20 Å². The second-order valence-electron chi connectivity index (χ2n) is 3.84. The van der Waals surface area contributed by atoms with E-state index in [1.165, 1.54) is 0 Å². The Morgan fingerprint density at radius 3 is 2.88 bits per heavy atom. The first kappa shape index (κ1) is 10.8. The molecule has 2 aromatic heterocycles. The van der Waals surface area contributed by atoms with Crippen molar-refractivity contribution in [3.63, 3.8) is 0 Å². The molecule has 0 fully saturated rings. The van der Waals surface area contributed by atoms with Gasteiger partial charge in [0.25, 0.3) is 0 Å². The molecule has 0 aliphatic heterocycles. The molecule has 0 unspecified atom stereocenters. The van der Waals surface area contributed by atoms with E-state index in [0.717, 1.165) is 25.3 Å². The quantitative estimate of drug-likeness (QED) is 0.757. The monoisotopic (exact) mass is 216 g/mol. The summed E-state index contributed by atoms with van der Waals surface area (Å²) in [6.45, 7) is 1.80. The predicted molar refractivity (Wildman–Crippen MR) is 62.8 cm³/mol. The minimum Gasteiger partial charge on any atom is -0.287 e. The lowest BCUT2D eigenvalue weighted by Crippen LogP contribution is -2.24. The normalized spacial score (nSPS) is 10.9. The summed E-state index contributed by atoms with van der Waals surface area (Å²) in [6, 6.07) is 7.96. The molecule has 0 bridgehead atoms. The van der Waals surface area contributed by atoms with E-state index in [-0.39, 0.29) is 0 Å². The largest absolute Gasteiger partial charge is 0.287 e. The Bertz CT molecular complexity index is 396. The van der Waals surface area contributed by atoms with Crippen LogP contribution in [0.4, 0.5) is 0 Å². The van der Waals surface area contributed by atoms with Crippen LogP contribution in [0.3, 0.4) is 0 Å². The lowest BCUT2D eigenvalue weighted by Gasteiger charge is -2.16. The highest BCUT2D eigenvalue weighted by atomic mass is 15.4. The predicted octanol–water partition coefficient (Wildman–Crippen LogP) is 1.41. The van der Waals surface area contributed by atoms with Crippen LogP contribution < -0.4 is 0 Å². The van der Waals surface area contributed by atoms with Crippen LogP contribution in [0, 0.1) is 0 Å². The second-order valence-corrected chi connectivity index (χ2v) is 3.84. The van der Waals surface area contributed by atoms with Gasteiger partial charge in [0.2, 0.25) is 0 Å². The molecule has 84 valence electrons. The van der Waals surface area contributed by atoms with Crippen LogP contribution in [0.1, 0.15) is 5.69 Å². The van der Waals surface area contributed by atoms with Crippen molar-refractivity contribution in [2.24, 2.45) is 0 Å². The molecule has 0 aromatic carbocycles. The van der Waals surface area contributed by atoms with Crippen LogP contribution in [0.5, 0.6) is 0 Å². The van der Waals surface area contributed by atoms with Crippen molar-refractivity contribution in [1.82, 2.24) is 19.7 Å². The van der Waals surface area contributed by atoms with Crippen LogP contribution in [-0.2, 0) is 13.1 Å². The van der Waals surface area contributed by atoms with E-state index in [4.69, 9.17) is 0 Å². The number of pyridine rings is 1. The standard InChI is InChI=1S/C12H16N4/c1-15(11-16-9-4-8-14-16)10-6-12-5-2-3-7-13-12/h2-5,7-9H,6,10-11H2,1H3. The van der Waals surface area contributed by atoms with Gasteiger partial charge in [0, 0.05) is 37.3 Å². The van der Waals surface area contributed by atoms with Gasteiger partial charge < -0.3 is 0 Å². The second kappa shape index (κ2) is 5.42. The fraction of sp³-hybridized carbons (Fsp3) is 0.333. The fourth-order valence-electron chi connectivity index (χ4n) is 1.55. The van der Waals surface area contributed by atoms with Crippen LogP contribution in [0.25, 0.3) is 0 Å². The number of rotatable bonds is 5. The molecule has 16 heavy (non-hydrogen) atoms. The van der Waals surface area contributed by atoms with Crippen molar-refractivity contribution in [2.75, 3.05) is 13.6 Å². The Morgan fingerprint density at radius 1 is 1.25 bits per heavy atom. The third-order valence-electron chi connectivity index (χ3n) is 2.42. The summed E-state index contributed by atoms with van der Waals surface area (Å²) in [7, 11) is 2.09. The molecule has 2 rings (SSSR count). The van der Waals surface area contributed by atoms with Crippen LogP contribution >= 0.6 is 0 Å². The molecule has 0 atom stereocenters. The molecule has 4 heteroatoms. The van der Waals surface area contributed by atoms with Crippen molar-refractivity contribution in [2.45, 2.75) is 13.1 Å². The van der Waals surface area contributed by atoms with Gasteiger partial charge in [-0.05, 0) is 25.2 Å². The Labute approximate surface area is 95.5 Å². The summed E-state index contributed by atoms with van der Waals surface area (Å²) in [6.07, 6.45) is 6.57. The Hall–Kier alpha value is -1.68. The summed E-state index contributed by atoms with van der Waals surface area (Å²) in [5, 5.41) is 4.17. The van der Waals surface area contributed by atoms with E-state index >= 15 is 0 Å². The molecule has 4 nitrogen and oxygen atoms in total. The molecule has 0 amide bonds. The Balaban J connectivity index is 1.78. The van der Waals surface area contributed by atoms with Gasteiger partial charge in [0.1, 0.15) is 0 Å². The van der Waals surface area contributed by atoms with Gasteiger partial charge in [-0.15, -0.1) is 0 Å². The fourth-order valence-corrected chi connectivity index (χ4v) is 1.55. The van der Waals surface area contributed by atoms with Crippen molar-refractivity contribution in [1.29, 1.82) is 0 Å². The summed E-state index contributed by atoms with van der Waals surface area (Å²) >= 11 is 0. The number of aromatic nitrogens is 3. The number of hydrogen-bond donors (Lipinski definition) is 0. The molecule has 0 aliphatic carbocycles. The Kier molecular flexibility index (Phi) is 3.66. The van der Waals surface area contributed by atoms with Gasteiger partial charge in [0.15, 0.2) is 0 Å². The minimum atomic E-state index is 0.819. The molecule has 0 saturated heterocycles. The van der Waals surface area contributed by atoms with Crippen molar-refractivity contribution in [3.8, 4) is 0 Å². The maximum Gasteiger partial charge on any atom is 0.0926 e.